The van der Waals surface area contributed by atoms with Crippen molar-refractivity contribution in [3.05, 3.63) is 78.1 Å². The Hall–Kier alpha value is -3.67. The molecule has 0 amide bonds. The number of nitrogens with zero attached hydrogens (tertiary/aromatic N) is 3. The van der Waals surface area contributed by atoms with E-state index in [9.17, 15) is 8.42 Å². The van der Waals surface area contributed by atoms with Gasteiger partial charge < -0.3 is 10.3 Å². The molecule has 0 aliphatic carbocycles. The number of rotatable bonds is 5. The van der Waals surface area contributed by atoms with E-state index in [0.29, 0.717) is 23.7 Å². The van der Waals surface area contributed by atoms with Crippen LogP contribution in [0.25, 0.3) is 22.0 Å². The zero-order chi connectivity index (χ0) is 23.7. The fraction of sp³-hybridized carbons (Fsp3) is 0.231. The molecular weight excluding hydrogens is 446 g/mol. The average molecular weight is 472 g/mol. The van der Waals surface area contributed by atoms with E-state index in [4.69, 9.17) is 5.26 Å². The van der Waals surface area contributed by atoms with Crippen molar-refractivity contribution in [3.8, 4) is 17.2 Å². The molecule has 2 aromatic carbocycles. The molecule has 172 valence electrons. The normalized spacial score (nSPS) is 15.3. The summed E-state index contributed by atoms with van der Waals surface area (Å²) >= 11 is 0. The molecule has 5 rings (SSSR count). The highest BCUT2D eigenvalue weighted by atomic mass is 32.2. The Morgan fingerprint density at radius 2 is 1.76 bits per heavy atom. The summed E-state index contributed by atoms with van der Waals surface area (Å²) in [6.07, 6.45) is 3.29. The van der Waals surface area contributed by atoms with Crippen molar-refractivity contribution in [2.75, 3.05) is 18.4 Å². The largest absolute Gasteiger partial charge is 0.367 e. The summed E-state index contributed by atoms with van der Waals surface area (Å²) in [6, 6.07) is 21.0. The molecule has 0 atom stereocenters. The molecule has 1 aliphatic heterocycles. The number of H-pyrrole nitrogens is 1. The third-order valence-electron chi connectivity index (χ3n) is 6.28. The molecule has 0 radical (unpaired) electrons. The minimum absolute atomic E-state index is 0.203. The zero-order valence-electron chi connectivity index (χ0n) is 18.8. The van der Waals surface area contributed by atoms with Crippen molar-refractivity contribution in [1.82, 2.24) is 14.3 Å². The van der Waals surface area contributed by atoms with E-state index in [-0.39, 0.29) is 6.04 Å². The van der Waals surface area contributed by atoms with Crippen LogP contribution in [-0.2, 0) is 10.0 Å². The molecule has 0 bridgehead atoms. The van der Waals surface area contributed by atoms with Crippen LogP contribution < -0.4 is 5.32 Å². The Morgan fingerprint density at radius 1 is 1.03 bits per heavy atom. The van der Waals surface area contributed by atoms with Crippen LogP contribution >= 0.6 is 0 Å². The number of sulfonamides is 1. The number of benzene rings is 2. The lowest BCUT2D eigenvalue weighted by molar-refractivity contribution is 0.329. The van der Waals surface area contributed by atoms with E-state index >= 15 is 0 Å². The van der Waals surface area contributed by atoms with Gasteiger partial charge in [-0.25, -0.2) is 13.4 Å². The van der Waals surface area contributed by atoms with Gasteiger partial charge in [0.05, 0.1) is 4.90 Å². The first-order chi connectivity index (χ1) is 16.4. The molecule has 0 saturated carbocycles. The molecule has 2 N–H and O–H groups in total. The van der Waals surface area contributed by atoms with Crippen molar-refractivity contribution < 1.29 is 8.42 Å². The van der Waals surface area contributed by atoms with Crippen molar-refractivity contribution in [1.29, 1.82) is 5.26 Å². The lowest BCUT2D eigenvalue weighted by Gasteiger charge is -2.32. The van der Waals surface area contributed by atoms with Gasteiger partial charge in [0, 0.05) is 36.2 Å². The van der Waals surface area contributed by atoms with Crippen molar-refractivity contribution in [2.24, 2.45) is 0 Å². The molecule has 3 heterocycles. The summed E-state index contributed by atoms with van der Waals surface area (Å²) in [7, 11) is -3.55. The highest BCUT2D eigenvalue weighted by molar-refractivity contribution is 7.89. The first-order valence-electron chi connectivity index (χ1n) is 11.2. The molecule has 4 aromatic rings. The van der Waals surface area contributed by atoms with Gasteiger partial charge in [-0.1, -0.05) is 24.3 Å². The number of fused-ring (bicyclic) bond motifs is 1. The van der Waals surface area contributed by atoms with Crippen LogP contribution in [0.4, 0.5) is 5.82 Å². The van der Waals surface area contributed by atoms with Gasteiger partial charge in [0.2, 0.25) is 10.0 Å². The summed E-state index contributed by atoms with van der Waals surface area (Å²) in [4.78, 5) is 7.74. The van der Waals surface area contributed by atoms with Crippen LogP contribution in [0.15, 0.2) is 71.8 Å². The van der Waals surface area contributed by atoms with E-state index < -0.39 is 10.0 Å². The van der Waals surface area contributed by atoms with Gasteiger partial charge >= 0.3 is 0 Å². The molecule has 0 unspecified atom stereocenters. The number of aryl methyl sites for hydroxylation is 1. The number of anilines is 1. The number of nitriles is 1. The van der Waals surface area contributed by atoms with Gasteiger partial charge in [0.25, 0.3) is 0 Å². The molecule has 34 heavy (non-hydrogen) atoms. The van der Waals surface area contributed by atoms with Crippen LogP contribution in [0.3, 0.4) is 0 Å². The molecule has 8 heteroatoms. The second kappa shape index (κ2) is 8.93. The number of aromatic nitrogens is 2. The second-order valence-corrected chi connectivity index (χ2v) is 10.6. The number of hydrogen-bond donors (Lipinski definition) is 2. The molecule has 1 saturated heterocycles. The SMILES string of the molecule is Cc1ccc(NC2CCN(S(=O)(=O)c3ccc(-c4ccc5[nH]c(C#N)cc5c4)cc3)CC2)nc1. The van der Waals surface area contributed by atoms with Gasteiger partial charge in [-0.05, 0) is 72.9 Å². The smallest absolute Gasteiger partial charge is 0.243 e. The van der Waals surface area contributed by atoms with Crippen molar-refractivity contribution in [3.63, 3.8) is 0 Å². The predicted octanol–water partition coefficient (Wildman–Crippen LogP) is 4.68. The van der Waals surface area contributed by atoms with Crippen LogP contribution in [-0.4, -0.2) is 41.8 Å². The first-order valence-corrected chi connectivity index (χ1v) is 12.7. The number of pyridine rings is 1. The quantitative estimate of drug-likeness (QED) is 0.440. The van der Waals surface area contributed by atoms with Crippen molar-refractivity contribution in [2.45, 2.75) is 30.7 Å². The lowest BCUT2D eigenvalue weighted by atomic mass is 10.0. The minimum atomic E-state index is -3.55. The number of aromatic amines is 1. The summed E-state index contributed by atoms with van der Waals surface area (Å²) in [5, 5.41) is 13.4. The molecule has 0 spiro atoms. The Kier molecular flexibility index (Phi) is 5.82. The Bertz CT molecular complexity index is 1460. The fourth-order valence-electron chi connectivity index (χ4n) is 4.34. The van der Waals surface area contributed by atoms with E-state index in [1.54, 1.807) is 16.4 Å². The van der Waals surface area contributed by atoms with Gasteiger partial charge in [-0.3, -0.25) is 0 Å². The topological polar surface area (TPSA) is 102 Å². The maximum absolute atomic E-state index is 13.2. The van der Waals surface area contributed by atoms with Crippen LogP contribution in [0.1, 0.15) is 24.1 Å². The lowest BCUT2D eigenvalue weighted by Crippen LogP contribution is -2.42. The third-order valence-corrected chi connectivity index (χ3v) is 8.20. The Labute approximate surface area is 199 Å². The van der Waals surface area contributed by atoms with Gasteiger partial charge in [-0.2, -0.15) is 9.57 Å². The number of hydrogen-bond acceptors (Lipinski definition) is 5. The fourth-order valence-corrected chi connectivity index (χ4v) is 5.81. The third kappa shape index (κ3) is 4.40. The van der Waals surface area contributed by atoms with Crippen molar-refractivity contribution >= 4 is 26.7 Å². The summed E-state index contributed by atoms with van der Waals surface area (Å²) in [5.41, 5.74) is 4.42. The van der Waals surface area contributed by atoms with Crippen LogP contribution in [0.5, 0.6) is 0 Å². The highest BCUT2D eigenvalue weighted by Gasteiger charge is 2.29. The number of nitrogens with one attached hydrogen (secondary N) is 2. The molecular formula is C26H25N5O2S. The first kappa shape index (κ1) is 22.1. The average Bonchev–Trinajstić information content (AvgIpc) is 3.28. The summed E-state index contributed by atoms with van der Waals surface area (Å²) in [5.74, 6) is 0.823. The van der Waals surface area contributed by atoms with Gasteiger partial charge in [-0.15, -0.1) is 0 Å². The highest BCUT2D eigenvalue weighted by Crippen LogP contribution is 2.28. The maximum atomic E-state index is 13.2. The predicted molar refractivity (Wildman–Crippen MR) is 133 cm³/mol. The Morgan fingerprint density at radius 3 is 2.44 bits per heavy atom. The summed E-state index contributed by atoms with van der Waals surface area (Å²) < 4.78 is 28.0. The Balaban J connectivity index is 1.26. The maximum Gasteiger partial charge on any atom is 0.243 e. The van der Waals surface area contributed by atoms with Crippen LogP contribution in [0, 0.1) is 18.3 Å². The van der Waals surface area contributed by atoms with E-state index in [0.717, 1.165) is 46.3 Å². The summed E-state index contributed by atoms with van der Waals surface area (Å²) in [6.45, 7) is 2.94. The zero-order valence-corrected chi connectivity index (χ0v) is 19.6. The standard InChI is InChI=1S/C26H25N5O2S/c1-18-2-9-26(28-17-18)30-22-10-12-31(13-11-22)34(32,33)24-6-3-19(4-7-24)20-5-8-25-21(14-20)15-23(16-27)29-25/h2-9,14-15,17,22,29H,10-13H2,1H3,(H,28,30). The second-order valence-electron chi connectivity index (χ2n) is 8.66. The molecule has 7 nitrogen and oxygen atoms in total. The molecule has 1 fully saturated rings. The molecule has 2 aromatic heterocycles. The number of piperidine rings is 1. The van der Waals surface area contributed by atoms with E-state index in [1.807, 2.05) is 61.7 Å². The minimum Gasteiger partial charge on any atom is -0.367 e. The monoisotopic (exact) mass is 471 g/mol. The molecule has 1 aliphatic rings. The van der Waals surface area contributed by atoms with E-state index in [1.165, 1.54) is 0 Å². The van der Waals surface area contributed by atoms with Gasteiger partial charge in [0.1, 0.15) is 17.6 Å². The van der Waals surface area contributed by atoms with E-state index in [2.05, 4.69) is 21.4 Å². The van der Waals surface area contributed by atoms with Gasteiger partial charge in [0.15, 0.2) is 0 Å². The van der Waals surface area contributed by atoms with Crippen LogP contribution in [0.2, 0.25) is 0 Å².